The molecule has 0 unspecified atom stereocenters. The number of benzene rings is 2. The first kappa shape index (κ1) is 21.7. The van der Waals surface area contributed by atoms with E-state index in [0.717, 1.165) is 27.9 Å². The second-order valence-corrected chi connectivity index (χ2v) is 8.25. The number of methoxy groups -OCH3 is 1. The minimum absolute atomic E-state index is 0.151. The fraction of sp³-hybridized carbons (Fsp3) is 0.350. The third-order valence-electron chi connectivity index (χ3n) is 4.29. The molecule has 0 spiro atoms. The van der Waals surface area contributed by atoms with E-state index >= 15 is 0 Å². The number of aryl methyl sites for hydroxylation is 1. The van der Waals surface area contributed by atoms with E-state index in [-0.39, 0.29) is 5.69 Å². The second-order valence-electron chi connectivity index (χ2n) is 6.39. The van der Waals surface area contributed by atoms with E-state index in [1.807, 2.05) is 24.3 Å². The van der Waals surface area contributed by atoms with E-state index in [0.29, 0.717) is 19.4 Å². The van der Waals surface area contributed by atoms with Crippen LogP contribution in [0.4, 0.5) is 10.1 Å². The zero-order valence-electron chi connectivity index (χ0n) is 16.2. The zero-order valence-corrected chi connectivity index (χ0v) is 17.0. The van der Waals surface area contributed by atoms with Crippen molar-refractivity contribution in [2.45, 2.75) is 25.8 Å². The quantitative estimate of drug-likeness (QED) is 0.648. The lowest BCUT2D eigenvalue weighted by Crippen LogP contribution is -2.48. The predicted molar refractivity (Wildman–Crippen MR) is 108 cm³/mol. The van der Waals surface area contributed by atoms with Crippen molar-refractivity contribution in [1.82, 2.24) is 5.32 Å². The highest BCUT2D eigenvalue weighted by molar-refractivity contribution is 7.92. The number of rotatable bonds is 9. The summed E-state index contributed by atoms with van der Waals surface area (Å²) in [5.74, 6) is -0.414. The van der Waals surface area contributed by atoms with Crippen molar-refractivity contribution in [3.8, 4) is 5.75 Å². The molecule has 0 aliphatic rings. The van der Waals surface area contributed by atoms with Gasteiger partial charge in [-0.25, -0.2) is 12.8 Å². The summed E-state index contributed by atoms with van der Waals surface area (Å²) in [6.07, 6.45) is 2.30. The smallest absolute Gasteiger partial charge is 0.243 e. The van der Waals surface area contributed by atoms with Crippen LogP contribution in [-0.2, 0) is 21.2 Å². The summed E-state index contributed by atoms with van der Waals surface area (Å²) in [5.41, 5.74) is 0.873. The molecule has 1 N–H and O–H groups in total. The fourth-order valence-corrected chi connectivity index (χ4v) is 4.13. The van der Waals surface area contributed by atoms with Gasteiger partial charge >= 0.3 is 0 Å². The Hall–Kier alpha value is -2.61. The SMILES string of the molecule is COc1ccccc1CCCNC(=O)[C@@H](C)N(c1ccccc1F)S(C)(=O)=O. The number of nitrogens with zero attached hydrogens (tertiary/aromatic N) is 1. The molecule has 6 nitrogen and oxygen atoms in total. The predicted octanol–water partition coefficient (Wildman–Crippen LogP) is 2.74. The maximum absolute atomic E-state index is 14.1. The molecule has 0 aromatic heterocycles. The molecule has 0 aliphatic heterocycles. The number of para-hydroxylation sites is 2. The Morgan fingerprint density at radius 2 is 1.82 bits per heavy atom. The monoisotopic (exact) mass is 408 g/mol. The number of nitrogens with one attached hydrogen (secondary N) is 1. The molecule has 2 aromatic carbocycles. The molecule has 152 valence electrons. The van der Waals surface area contributed by atoms with Gasteiger partial charge in [-0.2, -0.15) is 0 Å². The number of hydrogen-bond acceptors (Lipinski definition) is 4. The van der Waals surface area contributed by atoms with Gasteiger partial charge in [0.15, 0.2) is 0 Å². The molecule has 0 fully saturated rings. The van der Waals surface area contributed by atoms with Crippen molar-refractivity contribution in [3.05, 3.63) is 59.9 Å². The normalized spacial score (nSPS) is 12.3. The minimum Gasteiger partial charge on any atom is -0.496 e. The summed E-state index contributed by atoms with van der Waals surface area (Å²) in [6.45, 7) is 1.79. The van der Waals surface area contributed by atoms with E-state index < -0.39 is 27.8 Å². The van der Waals surface area contributed by atoms with Crippen LogP contribution in [0.15, 0.2) is 48.5 Å². The van der Waals surface area contributed by atoms with Crippen molar-refractivity contribution in [2.75, 3.05) is 24.2 Å². The summed E-state index contributed by atoms with van der Waals surface area (Å²) in [4.78, 5) is 12.5. The van der Waals surface area contributed by atoms with Gasteiger partial charge < -0.3 is 10.1 Å². The van der Waals surface area contributed by atoms with Crippen LogP contribution in [0.2, 0.25) is 0 Å². The molecule has 1 atom stereocenters. The molecule has 28 heavy (non-hydrogen) atoms. The van der Waals surface area contributed by atoms with Gasteiger partial charge in [-0.15, -0.1) is 0 Å². The van der Waals surface area contributed by atoms with E-state index in [1.165, 1.54) is 25.1 Å². The van der Waals surface area contributed by atoms with Gasteiger partial charge in [-0.3, -0.25) is 9.10 Å². The molecule has 0 aliphatic carbocycles. The topological polar surface area (TPSA) is 75.7 Å². The summed E-state index contributed by atoms with van der Waals surface area (Å²) in [5, 5.41) is 2.72. The summed E-state index contributed by atoms with van der Waals surface area (Å²) < 4.78 is 44.6. The Labute approximate surface area is 165 Å². The average molecular weight is 408 g/mol. The number of hydrogen-bond donors (Lipinski definition) is 1. The Balaban J connectivity index is 2.01. The van der Waals surface area contributed by atoms with Gasteiger partial charge in [-0.05, 0) is 43.5 Å². The summed E-state index contributed by atoms with van der Waals surface area (Å²) >= 11 is 0. The molecule has 0 saturated heterocycles. The lowest BCUT2D eigenvalue weighted by molar-refractivity contribution is -0.121. The van der Waals surface area contributed by atoms with Crippen molar-refractivity contribution in [1.29, 1.82) is 0 Å². The summed E-state index contributed by atoms with van der Waals surface area (Å²) in [6, 6.07) is 12.0. The lowest BCUT2D eigenvalue weighted by atomic mass is 10.1. The molecular weight excluding hydrogens is 383 g/mol. The summed E-state index contributed by atoms with van der Waals surface area (Å²) in [7, 11) is -2.25. The molecule has 0 saturated carbocycles. The number of sulfonamides is 1. The molecule has 2 rings (SSSR count). The van der Waals surface area contributed by atoms with Gasteiger partial charge in [0, 0.05) is 6.54 Å². The third kappa shape index (κ3) is 5.45. The van der Waals surface area contributed by atoms with Crippen LogP contribution in [0, 0.1) is 5.82 Å². The fourth-order valence-electron chi connectivity index (χ4n) is 2.96. The highest BCUT2D eigenvalue weighted by atomic mass is 32.2. The number of carbonyl (C=O) groups is 1. The Morgan fingerprint density at radius 3 is 2.46 bits per heavy atom. The van der Waals surface area contributed by atoms with Crippen LogP contribution in [0.3, 0.4) is 0 Å². The van der Waals surface area contributed by atoms with Crippen molar-refractivity contribution < 1.29 is 22.3 Å². The minimum atomic E-state index is -3.85. The maximum Gasteiger partial charge on any atom is 0.243 e. The Bertz CT molecular complexity index is 918. The van der Waals surface area contributed by atoms with Crippen LogP contribution in [0.1, 0.15) is 18.9 Å². The highest BCUT2D eigenvalue weighted by Gasteiger charge is 2.30. The third-order valence-corrected chi connectivity index (χ3v) is 5.52. The Morgan fingerprint density at radius 1 is 1.18 bits per heavy atom. The van der Waals surface area contributed by atoms with Gasteiger partial charge in [0.1, 0.15) is 17.6 Å². The number of halogens is 1. The van der Waals surface area contributed by atoms with E-state index in [1.54, 1.807) is 7.11 Å². The first-order valence-corrected chi connectivity index (χ1v) is 10.7. The number of amides is 1. The largest absolute Gasteiger partial charge is 0.496 e. The molecular formula is C20H25FN2O4S. The van der Waals surface area contributed by atoms with Gasteiger partial charge in [0.05, 0.1) is 19.1 Å². The van der Waals surface area contributed by atoms with Gasteiger partial charge in [0.2, 0.25) is 15.9 Å². The van der Waals surface area contributed by atoms with E-state index in [9.17, 15) is 17.6 Å². The van der Waals surface area contributed by atoms with Crippen LogP contribution in [0.25, 0.3) is 0 Å². The van der Waals surface area contributed by atoms with Crippen molar-refractivity contribution in [3.63, 3.8) is 0 Å². The number of anilines is 1. The second kappa shape index (κ2) is 9.54. The highest BCUT2D eigenvalue weighted by Crippen LogP contribution is 2.24. The molecule has 1 amide bonds. The first-order chi connectivity index (χ1) is 13.3. The van der Waals surface area contributed by atoms with Crippen LogP contribution in [-0.4, -0.2) is 40.3 Å². The van der Waals surface area contributed by atoms with Crippen LogP contribution < -0.4 is 14.4 Å². The molecule has 0 bridgehead atoms. The first-order valence-electron chi connectivity index (χ1n) is 8.89. The van der Waals surface area contributed by atoms with Crippen molar-refractivity contribution in [2.24, 2.45) is 0 Å². The van der Waals surface area contributed by atoms with E-state index in [4.69, 9.17) is 4.74 Å². The molecule has 0 radical (unpaired) electrons. The zero-order chi connectivity index (χ0) is 20.7. The van der Waals surface area contributed by atoms with Crippen molar-refractivity contribution >= 4 is 21.6 Å². The van der Waals surface area contributed by atoms with Crippen LogP contribution >= 0.6 is 0 Å². The van der Waals surface area contributed by atoms with Crippen LogP contribution in [0.5, 0.6) is 5.75 Å². The number of carbonyl (C=O) groups excluding carboxylic acids is 1. The van der Waals surface area contributed by atoms with Gasteiger partial charge in [-0.1, -0.05) is 30.3 Å². The average Bonchev–Trinajstić information content (AvgIpc) is 2.66. The standard InChI is InChI=1S/C20H25FN2O4S/c1-15(23(28(3,25)26)18-12-6-5-11-17(18)21)20(24)22-14-8-10-16-9-4-7-13-19(16)27-2/h4-7,9,11-13,15H,8,10,14H2,1-3H3,(H,22,24)/t15-/m1/s1. The Kier molecular flexibility index (Phi) is 7.39. The molecule has 0 heterocycles. The lowest BCUT2D eigenvalue weighted by Gasteiger charge is -2.28. The van der Waals surface area contributed by atoms with E-state index in [2.05, 4.69) is 5.32 Å². The number of ether oxygens (including phenoxy) is 1. The maximum atomic E-state index is 14.1. The van der Waals surface area contributed by atoms with Gasteiger partial charge in [0.25, 0.3) is 0 Å². The molecule has 2 aromatic rings. The molecule has 8 heteroatoms.